The number of rotatable bonds is 6. The zero-order valence-electron chi connectivity index (χ0n) is 21.6. The topological polar surface area (TPSA) is 67.8 Å². The number of carbonyl (C=O) groups is 1. The molecule has 7 heteroatoms. The van der Waals surface area contributed by atoms with E-state index in [2.05, 4.69) is 31.3 Å². The van der Waals surface area contributed by atoms with E-state index >= 15 is 0 Å². The summed E-state index contributed by atoms with van der Waals surface area (Å²) < 4.78 is 39.8. The van der Waals surface area contributed by atoms with Crippen LogP contribution in [0.1, 0.15) is 57.1 Å². The molecule has 5 rings (SSSR count). The lowest BCUT2D eigenvalue weighted by atomic mass is 9.46. The maximum absolute atomic E-state index is 13.5. The van der Waals surface area contributed by atoms with Crippen LogP contribution in [0, 0.1) is 34.3 Å². The molecule has 1 amide bonds. The normalized spacial score (nSPS) is 35.3. The van der Waals surface area contributed by atoms with Gasteiger partial charge in [-0.15, -0.1) is 0 Å². The molecule has 2 aromatic carbocycles. The zero-order chi connectivity index (χ0) is 26.2. The second kappa shape index (κ2) is 10.4. The van der Waals surface area contributed by atoms with E-state index in [0.29, 0.717) is 25.0 Å². The summed E-state index contributed by atoms with van der Waals surface area (Å²) in [5.74, 6) is -1.53. The minimum absolute atomic E-state index is 0.0424. The molecular formula is C30H37F2NO4. The molecule has 1 saturated heterocycles. The van der Waals surface area contributed by atoms with Crippen LogP contribution in [0.4, 0.5) is 8.78 Å². The number of nitrogens with one attached hydrogen (secondary N) is 1. The molecule has 1 unspecified atom stereocenters. The molecule has 1 heterocycles. The molecule has 0 aromatic heterocycles. The number of benzene rings is 2. The van der Waals surface area contributed by atoms with Crippen molar-refractivity contribution in [3.05, 3.63) is 71.3 Å². The van der Waals surface area contributed by atoms with Crippen LogP contribution in [-0.4, -0.2) is 36.1 Å². The van der Waals surface area contributed by atoms with Crippen molar-refractivity contribution < 1.29 is 28.2 Å². The van der Waals surface area contributed by atoms with Gasteiger partial charge in [-0.3, -0.25) is 4.79 Å². The molecule has 3 aliphatic rings. The van der Waals surface area contributed by atoms with Gasteiger partial charge in [-0.05, 0) is 66.2 Å². The van der Waals surface area contributed by atoms with E-state index in [1.165, 1.54) is 17.7 Å². The first-order valence-electron chi connectivity index (χ1n) is 13.4. The zero-order valence-corrected chi connectivity index (χ0v) is 21.6. The highest BCUT2D eigenvalue weighted by molar-refractivity contribution is 5.76. The van der Waals surface area contributed by atoms with Gasteiger partial charge in [0.2, 0.25) is 5.91 Å². The monoisotopic (exact) mass is 513 g/mol. The third-order valence-corrected chi connectivity index (χ3v) is 9.29. The Morgan fingerprint density at radius 2 is 1.76 bits per heavy atom. The molecule has 0 radical (unpaired) electrons. The number of hydrogen-bond acceptors (Lipinski definition) is 4. The first-order chi connectivity index (χ1) is 17.7. The average molecular weight is 514 g/mol. The largest absolute Gasteiger partial charge is 0.393 e. The van der Waals surface area contributed by atoms with E-state index in [4.69, 9.17) is 9.47 Å². The van der Waals surface area contributed by atoms with Gasteiger partial charge in [-0.25, -0.2) is 8.78 Å². The van der Waals surface area contributed by atoms with E-state index in [9.17, 15) is 18.7 Å². The molecule has 2 N–H and O–H groups in total. The molecule has 2 aliphatic carbocycles. The summed E-state index contributed by atoms with van der Waals surface area (Å²) in [5, 5.41) is 13.8. The Kier molecular flexibility index (Phi) is 7.40. The fourth-order valence-corrected chi connectivity index (χ4v) is 7.39. The quantitative estimate of drug-likeness (QED) is 0.561. The van der Waals surface area contributed by atoms with Crippen molar-refractivity contribution in [3.63, 3.8) is 0 Å². The first-order valence-corrected chi connectivity index (χ1v) is 13.4. The van der Waals surface area contributed by atoms with Gasteiger partial charge in [0.1, 0.15) is 11.6 Å². The SMILES string of the molecule is C[C@@]12CO[C@@H](Cc3ccccc3)O[C@@H]1CC[C@]1(C)C2CC[C@@H](O)[C@H]1CC(=O)NCc1cc(F)cc(F)c1. The fourth-order valence-electron chi connectivity index (χ4n) is 7.39. The van der Waals surface area contributed by atoms with Crippen molar-refractivity contribution in [2.75, 3.05) is 6.61 Å². The highest BCUT2D eigenvalue weighted by Crippen LogP contribution is 2.62. The lowest BCUT2D eigenvalue weighted by Gasteiger charge is -2.63. The van der Waals surface area contributed by atoms with E-state index in [1.807, 2.05) is 18.2 Å². The maximum Gasteiger partial charge on any atom is 0.220 e. The van der Waals surface area contributed by atoms with Crippen LogP contribution in [0.3, 0.4) is 0 Å². The van der Waals surface area contributed by atoms with Gasteiger partial charge in [-0.1, -0.05) is 44.2 Å². The van der Waals surface area contributed by atoms with Gasteiger partial charge < -0.3 is 19.9 Å². The molecule has 7 atom stereocenters. The molecule has 3 fully saturated rings. The van der Waals surface area contributed by atoms with Crippen LogP contribution in [0.5, 0.6) is 0 Å². The minimum Gasteiger partial charge on any atom is -0.393 e. The summed E-state index contributed by atoms with van der Waals surface area (Å²) in [5.41, 5.74) is 1.11. The highest BCUT2D eigenvalue weighted by Gasteiger charge is 2.61. The molecule has 1 aliphatic heterocycles. The Morgan fingerprint density at radius 3 is 2.49 bits per heavy atom. The van der Waals surface area contributed by atoms with Crippen molar-refractivity contribution >= 4 is 5.91 Å². The molecule has 0 bridgehead atoms. The Labute approximate surface area is 217 Å². The Hall–Kier alpha value is -2.35. The predicted octanol–water partition coefficient (Wildman–Crippen LogP) is 5.15. The van der Waals surface area contributed by atoms with Crippen LogP contribution in [0.25, 0.3) is 0 Å². The molecule has 5 nitrogen and oxygen atoms in total. The van der Waals surface area contributed by atoms with E-state index in [1.54, 1.807) is 0 Å². The third-order valence-electron chi connectivity index (χ3n) is 9.29. The van der Waals surface area contributed by atoms with Crippen LogP contribution >= 0.6 is 0 Å². The third kappa shape index (κ3) is 5.31. The molecule has 2 saturated carbocycles. The molecule has 37 heavy (non-hydrogen) atoms. The van der Waals surface area contributed by atoms with E-state index < -0.39 is 17.7 Å². The standard InChI is InChI=1S/C30H37F2NO4/c1-29-11-10-26-30(2,18-36-28(37-26)14-19-6-4-3-5-7-19)25(29)9-8-24(34)23(29)16-27(35)33-17-20-12-21(31)15-22(32)13-20/h3-7,12-13,15,23-26,28,34H,8-11,14,16-18H2,1-2H3,(H,33,35)/t23-,24-,25?,26-,28-,29+,30+/m1/s1. The van der Waals surface area contributed by atoms with Crippen molar-refractivity contribution in [1.29, 1.82) is 0 Å². The second-order valence-electron chi connectivity index (χ2n) is 11.7. The highest BCUT2D eigenvalue weighted by atomic mass is 19.1. The fraction of sp³-hybridized carbons (Fsp3) is 0.567. The van der Waals surface area contributed by atoms with Crippen molar-refractivity contribution in [2.24, 2.45) is 22.7 Å². The summed E-state index contributed by atoms with van der Waals surface area (Å²) in [4.78, 5) is 12.9. The number of carbonyl (C=O) groups excluding carboxylic acids is 1. The van der Waals surface area contributed by atoms with Crippen LogP contribution < -0.4 is 5.32 Å². The van der Waals surface area contributed by atoms with Gasteiger partial charge in [0.05, 0.1) is 18.8 Å². The van der Waals surface area contributed by atoms with Crippen LogP contribution in [-0.2, 0) is 27.2 Å². The number of amides is 1. The maximum atomic E-state index is 13.5. The summed E-state index contributed by atoms with van der Waals surface area (Å²) >= 11 is 0. The Balaban J connectivity index is 1.25. The Bertz CT molecular complexity index is 1090. The van der Waals surface area contributed by atoms with Gasteiger partial charge in [0, 0.05) is 30.9 Å². The second-order valence-corrected chi connectivity index (χ2v) is 11.7. The van der Waals surface area contributed by atoms with Crippen molar-refractivity contribution in [2.45, 2.75) is 77.4 Å². The van der Waals surface area contributed by atoms with Crippen LogP contribution in [0.2, 0.25) is 0 Å². The smallest absolute Gasteiger partial charge is 0.220 e. The molecule has 2 aromatic rings. The summed E-state index contributed by atoms with van der Waals surface area (Å²) in [6.07, 6.45) is 3.32. The lowest BCUT2D eigenvalue weighted by Crippen LogP contribution is -2.63. The van der Waals surface area contributed by atoms with Gasteiger partial charge in [0.15, 0.2) is 6.29 Å². The van der Waals surface area contributed by atoms with Gasteiger partial charge >= 0.3 is 0 Å². The summed E-state index contributed by atoms with van der Waals surface area (Å²) in [7, 11) is 0. The van der Waals surface area contributed by atoms with Crippen molar-refractivity contribution in [3.8, 4) is 0 Å². The van der Waals surface area contributed by atoms with E-state index in [-0.39, 0.29) is 53.9 Å². The minimum atomic E-state index is -0.671. The average Bonchev–Trinajstić information content (AvgIpc) is 2.85. The molecule has 200 valence electrons. The lowest BCUT2D eigenvalue weighted by molar-refractivity contribution is -0.308. The number of fused-ring (bicyclic) bond motifs is 3. The summed E-state index contributed by atoms with van der Waals surface area (Å²) in [6, 6.07) is 13.5. The number of ether oxygens (including phenoxy) is 2. The summed E-state index contributed by atoms with van der Waals surface area (Å²) in [6.45, 7) is 5.08. The predicted molar refractivity (Wildman–Crippen MR) is 135 cm³/mol. The molecule has 0 spiro atoms. The number of hydrogen-bond donors (Lipinski definition) is 2. The van der Waals surface area contributed by atoms with E-state index in [0.717, 1.165) is 25.3 Å². The van der Waals surface area contributed by atoms with Gasteiger partial charge in [-0.2, -0.15) is 0 Å². The molecular weight excluding hydrogens is 476 g/mol. The van der Waals surface area contributed by atoms with Crippen molar-refractivity contribution in [1.82, 2.24) is 5.32 Å². The van der Waals surface area contributed by atoms with Gasteiger partial charge in [0.25, 0.3) is 0 Å². The first kappa shape index (κ1) is 26.3. The number of aliphatic hydroxyl groups is 1. The van der Waals surface area contributed by atoms with Crippen LogP contribution in [0.15, 0.2) is 48.5 Å². The number of halogens is 2. The number of aliphatic hydroxyl groups excluding tert-OH is 1. The Morgan fingerprint density at radius 1 is 1.03 bits per heavy atom.